The first-order chi connectivity index (χ1) is 20.4. The van der Waals surface area contributed by atoms with Crippen LogP contribution in [0.1, 0.15) is 47.4 Å². The van der Waals surface area contributed by atoms with Gasteiger partial charge in [-0.15, -0.1) is 0 Å². The number of likely N-dealkylation sites (tertiary alicyclic amines) is 1. The quantitative estimate of drug-likeness (QED) is 0.261. The molecule has 1 aliphatic rings. The fraction of sp³-hybridized carbons (Fsp3) is 0.242. The molecule has 0 radical (unpaired) electrons. The van der Waals surface area contributed by atoms with Crippen LogP contribution in [-0.2, 0) is 9.53 Å². The Labute approximate surface area is 244 Å². The van der Waals surface area contributed by atoms with Gasteiger partial charge >= 0.3 is 6.09 Å². The first kappa shape index (κ1) is 27.1. The zero-order chi connectivity index (χ0) is 29.2. The number of rotatable bonds is 6. The van der Waals surface area contributed by atoms with Crippen molar-refractivity contribution >= 4 is 23.0 Å². The third-order valence-electron chi connectivity index (χ3n) is 7.93. The minimum atomic E-state index is -0.862. The summed E-state index contributed by atoms with van der Waals surface area (Å²) in [6.45, 7) is 4.77. The Morgan fingerprint density at radius 2 is 1.71 bits per heavy atom. The number of aromatic amines is 1. The summed E-state index contributed by atoms with van der Waals surface area (Å²) in [5.74, 6) is 1.13. The number of ether oxygens (including phenoxy) is 1. The van der Waals surface area contributed by atoms with Gasteiger partial charge in [0.2, 0.25) is 0 Å². The van der Waals surface area contributed by atoms with Gasteiger partial charge < -0.3 is 19.9 Å². The molecule has 0 spiro atoms. The second-order valence-electron chi connectivity index (χ2n) is 10.6. The fourth-order valence-electron chi connectivity index (χ4n) is 5.46. The van der Waals surface area contributed by atoms with Gasteiger partial charge in [-0.1, -0.05) is 48.5 Å². The summed E-state index contributed by atoms with van der Waals surface area (Å²) in [6.07, 6.45) is 4.64. The second-order valence-corrected chi connectivity index (χ2v) is 10.6. The predicted octanol–water partition coefficient (Wildman–Crippen LogP) is 6.06. The Bertz CT molecular complexity index is 1750. The molecule has 2 aromatic heterocycles. The minimum absolute atomic E-state index is 0.201. The summed E-state index contributed by atoms with van der Waals surface area (Å²) < 4.78 is 4.80. The van der Waals surface area contributed by atoms with E-state index in [-0.39, 0.29) is 11.9 Å². The molecule has 0 unspecified atom stereocenters. The van der Waals surface area contributed by atoms with Gasteiger partial charge in [0.1, 0.15) is 11.9 Å². The number of H-pyrrole nitrogens is 1. The Hall–Kier alpha value is -5.05. The monoisotopic (exact) mass is 560 g/mol. The number of imidazole rings is 1. The number of hydrogen-bond acceptors (Lipinski definition) is 6. The largest absolute Gasteiger partial charge is 0.453 e. The van der Waals surface area contributed by atoms with Gasteiger partial charge in [-0.25, -0.2) is 19.7 Å². The first-order valence-electron chi connectivity index (χ1n) is 14.0. The minimum Gasteiger partial charge on any atom is -0.453 e. The van der Waals surface area contributed by atoms with Crippen molar-refractivity contribution in [2.24, 2.45) is 0 Å². The normalized spacial score (nSPS) is 15.5. The van der Waals surface area contributed by atoms with Crippen molar-refractivity contribution in [2.45, 2.75) is 38.8 Å². The van der Waals surface area contributed by atoms with Crippen molar-refractivity contribution in [3.63, 3.8) is 0 Å². The highest BCUT2D eigenvalue weighted by Gasteiger charge is 2.37. The van der Waals surface area contributed by atoms with E-state index in [2.05, 4.69) is 52.3 Å². The third-order valence-corrected chi connectivity index (χ3v) is 7.93. The Kier molecular flexibility index (Phi) is 7.39. The molecule has 2 amide bonds. The predicted molar refractivity (Wildman–Crippen MR) is 160 cm³/mol. The lowest BCUT2D eigenvalue weighted by Gasteiger charge is -2.28. The Morgan fingerprint density at radius 1 is 0.952 bits per heavy atom. The van der Waals surface area contributed by atoms with E-state index in [1.165, 1.54) is 18.2 Å². The zero-order valence-electron chi connectivity index (χ0n) is 23.8. The van der Waals surface area contributed by atoms with Crippen LogP contribution in [0.5, 0.6) is 0 Å². The molecule has 3 aromatic carbocycles. The van der Waals surface area contributed by atoms with Gasteiger partial charge in [0.15, 0.2) is 5.82 Å². The molecule has 212 valence electrons. The maximum absolute atomic E-state index is 13.8. The molecule has 1 fully saturated rings. The lowest BCUT2D eigenvalue weighted by Crippen LogP contribution is -2.42. The highest BCUT2D eigenvalue weighted by molar-refractivity contribution is 5.87. The van der Waals surface area contributed by atoms with Crippen LogP contribution >= 0.6 is 0 Å². The summed E-state index contributed by atoms with van der Waals surface area (Å²) in [5, 5.41) is 2.71. The maximum atomic E-state index is 13.8. The molecular formula is C33H32N6O3. The molecule has 2 atom stereocenters. The number of methoxy groups -OCH3 is 1. The average molecular weight is 561 g/mol. The first-order valence-corrected chi connectivity index (χ1v) is 14.0. The molecule has 0 bridgehead atoms. The molecule has 42 heavy (non-hydrogen) atoms. The molecule has 2 N–H and O–H groups in total. The number of carbonyl (C=O) groups excluding carboxylic acids is 2. The van der Waals surface area contributed by atoms with Crippen LogP contribution in [0.2, 0.25) is 0 Å². The summed E-state index contributed by atoms with van der Waals surface area (Å²) >= 11 is 0. The second kappa shape index (κ2) is 11.4. The van der Waals surface area contributed by atoms with Crippen molar-refractivity contribution in [3.8, 4) is 22.5 Å². The molecule has 0 saturated carbocycles. The summed E-state index contributed by atoms with van der Waals surface area (Å²) in [5.41, 5.74) is 7.74. The van der Waals surface area contributed by atoms with E-state index in [0.29, 0.717) is 23.8 Å². The summed E-state index contributed by atoms with van der Waals surface area (Å²) in [6, 6.07) is 20.3. The zero-order valence-corrected chi connectivity index (χ0v) is 23.8. The molecule has 3 heterocycles. The lowest BCUT2D eigenvalue weighted by atomic mass is 10.0. The van der Waals surface area contributed by atoms with Crippen molar-refractivity contribution in [2.75, 3.05) is 13.7 Å². The number of aromatic nitrogens is 4. The molecule has 1 saturated heterocycles. The number of amides is 2. The van der Waals surface area contributed by atoms with E-state index in [9.17, 15) is 9.59 Å². The van der Waals surface area contributed by atoms with E-state index in [1.807, 2.05) is 60.9 Å². The number of hydrogen-bond donors (Lipinski definition) is 2. The molecule has 9 heteroatoms. The van der Waals surface area contributed by atoms with Crippen molar-refractivity contribution in [3.05, 3.63) is 102 Å². The average Bonchev–Trinajstić information content (AvgIpc) is 3.68. The number of fused-ring (bicyclic) bond motifs is 1. The molecule has 0 aliphatic carbocycles. The number of nitrogens with zero attached hydrogens (tertiary/aromatic N) is 4. The third kappa shape index (κ3) is 5.33. The molecular weight excluding hydrogens is 528 g/mol. The van der Waals surface area contributed by atoms with Crippen LogP contribution in [0.4, 0.5) is 4.79 Å². The number of aryl methyl sites for hydroxylation is 2. The van der Waals surface area contributed by atoms with Gasteiger partial charge in [-0.05, 0) is 67.1 Å². The topological polar surface area (TPSA) is 113 Å². The van der Waals surface area contributed by atoms with Crippen LogP contribution in [0, 0.1) is 13.8 Å². The highest BCUT2D eigenvalue weighted by Crippen LogP contribution is 2.34. The Morgan fingerprint density at radius 3 is 2.45 bits per heavy atom. The van der Waals surface area contributed by atoms with Crippen LogP contribution in [0.15, 0.2) is 79.1 Å². The van der Waals surface area contributed by atoms with E-state index >= 15 is 0 Å². The van der Waals surface area contributed by atoms with Crippen LogP contribution in [0.25, 0.3) is 33.5 Å². The van der Waals surface area contributed by atoms with E-state index in [1.54, 1.807) is 4.90 Å². The van der Waals surface area contributed by atoms with Gasteiger partial charge in [0.05, 0.1) is 24.2 Å². The van der Waals surface area contributed by atoms with Gasteiger partial charge in [-0.3, -0.25) is 4.79 Å². The summed E-state index contributed by atoms with van der Waals surface area (Å²) in [4.78, 5) is 45.3. The van der Waals surface area contributed by atoms with Crippen molar-refractivity contribution in [1.29, 1.82) is 0 Å². The molecule has 6 rings (SSSR count). The van der Waals surface area contributed by atoms with Crippen molar-refractivity contribution < 1.29 is 14.3 Å². The standard InChI is InChI=1S/C33H32N6O3/c1-20-11-12-23(16-21(20)2)25-18-34-30(35-19-25)24-13-14-26-27(17-24)37-31(36-26)28-10-7-15-39(28)32(40)29(38-33(41)42-3)22-8-5-4-6-9-22/h4-6,8-9,11-14,16-19,28-29H,7,10,15H2,1-3H3,(H,36,37)(H,38,41)/t28-,29+/m0/s1. The number of carbonyl (C=O) groups is 2. The van der Waals surface area contributed by atoms with Gasteiger partial charge in [0, 0.05) is 30.1 Å². The summed E-state index contributed by atoms with van der Waals surface area (Å²) in [7, 11) is 1.29. The molecule has 9 nitrogen and oxygen atoms in total. The van der Waals surface area contributed by atoms with Gasteiger partial charge in [-0.2, -0.15) is 0 Å². The van der Waals surface area contributed by atoms with E-state index in [4.69, 9.17) is 9.72 Å². The Balaban J connectivity index is 1.25. The van der Waals surface area contributed by atoms with E-state index in [0.717, 1.165) is 40.6 Å². The number of alkyl carbamates (subject to hydrolysis) is 1. The lowest BCUT2D eigenvalue weighted by molar-refractivity contribution is -0.134. The maximum Gasteiger partial charge on any atom is 0.407 e. The highest BCUT2D eigenvalue weighted by atomic mass is 16.5. The SMILES string of the molecule is COC(=O)N[C@@H](C(=O)N1CCC[C@H]1c1nc2ccc(-c3ncc(-c4ccc(C)c(C)c4)cn3)cc2[nH]1)c1ccccc1. The van der Waals surface area contributed by atoms with Crippen molar-refractivity contribution in [1.82, 2.24) is 30.2 Å². The molecule has 5 aromatic rings. The van der Waals surface area contributed by atoms with Gasteiger partial charge in [0.25, 0.3) is 5.91 Å². The van der Waals surface area contributed by atoms with E-state index < -0.39 is 12.1 Å². The smallest absolute Gasteiger partial charge is 0.407 e. The fourth-order valence-corrected chi connectivity index (χ4v) is 5.46. The molecule has 1 aliphatic heterocycles. The number of benzene rings is 3. The number of nitrogens with one attached hydrogen (secondary N) is 2. The van der Waals surface area contributed by atoms with Crippen LogP contribution < -0.4 is 5.32 Å². The van der Waals surface area contributed by atoms with Crippen LogP contribution in [0.3, 0.4) is 0 Å². The van der Waals surface area contributed by atoms with Crippen LogP contribution in [-0.4, -0.2) is 50.5 Å².